The zero-order valence-electron chi connectivity index (χ0n) is 12.4. The second-order valence-corrected chi connectivity index (χ2v) is 5.61. The molecule has 0 saturated carbocycles. The van der Waals surface area contributed by atoms with Gasteiger partial charge in [-0.05, 0) is 40.0 Å². The summed E-state index contributed by atoms with van der Waals surface area (Å²) in [5.41, 5.74) is 0. The highest BCUT2D eigenvalue weighted by molar-refractivity contribution is 5.77. The highest BCUT2D eigenvalue weighted by Crippen LogP contribution is 2.18. The van der Waals surface area contributed by atoms with Crippen molar-refractivity contribution < 1.29 is 9.53 Å². The normalized spacial score (nSPS) is 28.4. The van der Waals surface area contributed by atoms with Crippen molar-refractivity contribution in [1.29, 1.82) is 0 Å². The molecular weight excluding hydrogens is 228 g/mol. The number of carbonyl (C=O) groups is 1. The Morgan fingerprint density at radius 2 is 2.11 bits per heavy atom. The number of nitrogens with zero attached hydrogens (tertiary/aromatic N) is 1. The first kappa shape index (κ1) is 15.4. The molecule has 0 spiro atoms. The van der Waals surface area contributed by atoms with Crippen LogP contribution in [0.5, 0.6) is 0 Å². The van der Waals surface area contributed by atoms with E-state index >= 15 is 0 Å². The summed E-state index contributed by atoms with van der Waals surface area (Å²) in [5.74, 6) is 0.0680. The van der Waals surface area contributed by atoms with Gasteiger partial charge in [0.2, 0.25) is 5.91 Å². The van der Waals surface area contributed by atoms with Crippen molar-refractivity contribution in [3.63, 3.8) is 0 Å². The Balaban J connectivity index is 2.40. The summed E-state index contributed by atoms with van der Waals surface area (Å²) in [6, 6.07) is 1.17. The van der Waals surface area contributed by atoms with Crippen LogP contribution in [0.2, 0.25) is 0 Å². The number of piperidine rings is 1. The summed E-state index contributed by atoms with van der Waals surface area (Å²) < 4.78 is 5.81. The minimum Gasteiger partial charge on any atom is -0.367 e. The maximum absolute atomic E-state index is 11.9. The molecule has 0 aromatic carbocycles. The predicted molar refractivity (Wildman–Crippen MR) is 73.6 cm³/mol. The van der Waals surface area contributed by atoms with Gasteiger partial charge in [0.1, 0.15) is 6.61 Å². The van der Waals surface area contributed by atoms with Crippen molar-refractivity contribution in [3.05, 3.63) is 0 Å². The Bertz CT molecular complexity index is 269. The van der Waals surface area contributed by atoms with Gasteiger partial charge in [0.15, 0.2) is 0 Å². The molecule has 3 unspecified atom stereocenters. The lowest BCUT2D eigenvalue weighted by atomic mass is 9.95. The monoisotopic (exact) mass is 256 g/mol. The molecular formula is C14H28N2O2. The van der Waals surface area contributed by atoms with Gasteiger partial charge >= 0.3 is 0 Å². The molecule has 18 heavy (non-hydrogen) atoms. The SMILES string of the molecule is CCC1NC(C)CCC1OCC(=O)N(C)C(C)C. The number of rotatable bonds is 5. The average molecular weight is 256 g/mol. The van der Waals surface area contributed by atoms with Crippen LogP contribution in [0.25, 0.3) is 0 Å². The second-order valence-electron chi connectivity index (χ2n) is 5.61. The van der Waals surface area contributed by atoms with Crippen LogP contribution in [-0.2, 0) is 9.53 Å². The van der Waals surface area contributed by atoms with E-state index in [1.54, 1.807) is 4.90 Å². The van der Waals surface area contributed by atoms with Crippen molar-refractivity contribution in [2.75, 3.05) is 13.7 Å². The maximum Gasteiger partial charge on any atom is 0.248 e. The standard InChI is InChI=1S/C14H28N2O2/c1-6-12-13(8-7-11(4)15-12)18-9-14(17)16(5)10(2)3/h10-13,15H,6-9H2,1-5H3. The van der Waals surface area contributed by atoms with Gasteiger partial charge in [-0.3, -0.25) is 4.79 Å². The Morgan fingerprint density at radius 3 is 2.67 bits per heavy atom. The molecule has 4 heteroatoms. The number of hydrogen-bond acceptors (Lipinski definition) is 3. The first-order valence-corrected chi connectivity index (χ1v) is 7.09. The minimum absolute atomic E-state index is 0.0680. The average Bonchev–Trinajstić information content (AvgIpc) is 2.35. The van der Waals surface area contributed by atoms with Crippen LogP contribution in [0, 0.1) is 0 Å². The van der Waals surface area contributed by atoms with Gasteiger partial charge in [0.05, 0.1) is 6.10 Å². The topological polar surface area (TPSA) is 41.6 Å². The van der Waals surface area contributed by atoms with Crippen LogP contribution in [0.4, 0.5) is 0 Å². The highest BCUT2D eigenvalue weighted by Gasteiger charge is 2.28. The molecule has 1 N–H and O–H groups in total. The van der Waals surface area contributed by atoms with E-state index in [2.05, 4.69) is 19.2 Å². The third-order valence-electron chi connectivity index (χ3n) is 3.86. The number of ether oxygens (including phenoxy) is 1. The van der Waals surface area contributed by atoms with Crippen LogP contribution in [0.15, 0.2) is 0 Å². The zero-order chi connectivity index (χ0) is 13.7. The molecule has 1 aliphatic rings. The Labute approximate surface area is 111 Å². The summed E-state index contributed by atoms with van der Waals surface area (Å²) in [6.45, 7) is 8.59. The first-order chi connectivity index (χ1) is 8.45. The molecule has 0 bridgehead atoms. The smallest absolute Gasteiger partial charge is 0.248 e. The molecule has 1 rings (SSSR count). The third kappa shape index (κ3) is 4.25. The zero-order valence-corrected chi connectivity index (χ0v) is 12.4. The summed E-state index contributed by atoms with van der Waals surface area (Å²) in [7, 11) is 1.83. The summed E-state index contributed by atoms with van der Waals surface area (Å²) >= 11 is 0. The molecule has 1 saturated heterocycles. The lowest BCUT2D eigenvalue weighted by Gasteiger charge is -2.36. The van der Waals surface area contributed by atoms with Gasteiger partial charge in [-0.1, -0.05) is 6.92 Å². The molecule has 1 heterocycles. The Hall–Kier alpha value is -0.610. The largest absolute Gasteiger partial charge is 0.367 e. The fourth-order valence-electron chi connectivity index (χ4n) is 2.32. The van der Waals surface area contributed by atoms with E-state index in [0.29, 0.717) is 12.1 Å². The Kier molecular flexibility index (Phi) is 6.09. The number of likely N-dealkylation sites (N-methyl/N-ethyl adjacent to an activating group) is 1. The molecule has 4 nitrogen and oxygen atoms in total. The van der Waals surface area contributed by atoms with Crippen LogP contribution in [0.3, 0.4) is 0 Å². The quantitative estimate of drug-likeness (QED) is 0.815. The van der Waals surface area contributed by atoms with Crippen LogP contribution >= 0.6 is 0 Å². The van der Waals surface area contributed by atoms with Crippen molar-refractivity contribution >= 4 is 5.91 Å². The first-order valence-electron chi connectivity index (χ1n) is 7.09. The number of carbonyl (C=O) groups excluding carboxylic acids is 1. The van der Waals surface area contributed by atoms with Gasteiger partial charge in [-0.25, -0.2) is 0 Å². The molecule has 1 amide bonds. The van der Waals surface area contributed by atoms with E-state index in [4.69, 9.17) is 4.74 Å². The predicted octanol–water partition coefficient (Wildman–Crippen LogP) is 1.79. The molecule has 3 atom stereocenters. The van der Waals surface area contributed by atoms with Crippen molar-refractivity contribution in [2.24, 2.45) is 0 Å². The van der Waals surface area contributed by atoms with Gasteiger partial charge in [0.25, 0.3) is 0 Å². The number of amides is 1. The number of nitrogens with one attached hydrogen (secondary N) is 1. The molecule has 1 aliphatic heterocycles. The molecule has 0 aromatic heterocycles. The third-order valence-corrected chi connectivity index (χ3v) is 3.86. The summed E-state index contributed by atoms with van der Waals surface area (Å²) in [5, 5.41) is 3.54. The molecule has 0 aliphatic carbocycles. The van der Waals surface area contributed by atoms with Crippen molar-refractivity contribution in [1.82, 2.24) is 10.2 Å². The van der Waals surface area contributed by atoms with Gasteiger partial charge in [-0.15, -0.1) is 0 Å². The van der Waals surface area contributed by atoms with Gasteiger partial charge < -0.3 is 15.0 Å². The fourth-order valence-corrected chi connectivity index (χ4v) is 2.32. The van der Waals surface area contributed by atoms with Crippen LogP contribution < -0.4 is 5.32 Å². The van der Waals surface area contributed by atoms with Gasteiger partial charge in [-0.2, -0.15) is 0 Å². The van der Waals surface area contributed by atoms with Crippen LogP contribution in [-0.4, -0.2) is 48.7 Å². The van der Waals surface area contributed by atoms with E-state index in [1.165, 1.54) is 0 Å². The molecule has 0 aromatic rings. The molecule has 106 valence electrons. The lowest BCUT2D eigenvalue weighted by molar-refractivity contribution is -0.139. The summed E-state index contributed by atoms with van der Waals surface area (Å²) in [6.07, 6.45) is 3.39. The Morgan fingerprint density at radius 1 is 1.44 bits per heavy atom. The van der Waals surface area contributed by atoms with E-state index in [9.17, 15) is 4.79 Å². The van der Waals surface area contributed by atoms with Crippen molar-refractivity contribution in [3.8, 4) is 0 Å². The second kappa shape index (κ2) is 7.10. The molecule has 0 radical (unpaired) electrons. The van der Waals surface area contributed by atoms with Gasteiger partial charge in [0, 0.05) is 25.2 Å². The van der Waals surface area contributed by atoms with Crippen molar-refractivity contribution in [2.45, 2.75) is 71.2 Å². The van der Waals surface area contributed by atoms with E-state index in [-0.39, 0.29) is 24.7 Å². The van der Waals surface area contributed by atoms with E-state index in [1.807, 2.05) is 20.9 Å². The minimum atomic E-state index is 0.0680. The van der Waals surface area contributed by atoms with E-state index in [0.717, 1.165) is 19.3 Å². The maximum atomic E-state index is 11.9. The molecule has 1 fully saturated rings. The van der Waals surface area contributed by atoms with E-state index < -0.39 is 0 Å². The fraction of sp³-hybridized carbons (Fsp3) is 0.929. The van der Waals surface area contributed by atoms with Crippen LogP contribution in [0.1, 0.15) is 47.0 Å². The lowest BCUT2D eigenvalue weighted by Crippen LogP contribution is -2.50. The number of hydrogen-bond donors (Lipinski definition) is 1. The highest BCUT2D eigenvalue weighted by atomic mass is 16.5. The summed E-state index contributed by atoms with van der Waals surface area (Å²) in [4.78, 5) is 13.6.